The minimum absolute atomic E-state index is 0.121. The molecule has 1 aliphatic carbocycles. The van der Waals surface area contributed by atoms with E-state index in [4.69, 9.17) is 0 Å². The highest BCUT2D eigenvalue weighted by Crippen LogP contribution is 2.34. The maximum Gasteiger partial charge on any atom is 0.317 e. The number of halogens is 1. The molecule has 0 spiro atoms. The molecule has 1 aromatic heterocycles. The van der Waals surface area contributed by atoms with Crippen LogP contribution in [0.5, 0.6) is 0 Å². The molecule has 5 nitrogen and oxygen atoms in total. The van der Waals surface area contributed by atoms with E-state index in [1.807, 2.05) is 20.0 Å². The Morgan fingerprint density at radius 2 is 2.25 bits per heavy atom. The molecule has 1 heterocycles. The van der Waals surface area contributed by atoms with Crippen molar-refractivity contribution in [3.63, 3.8) is 0 Å². The predicted octanol–water partition coefficient (Wildman–Crippen LogP) is 3.26. The van der Waals surface area contributed by atoms with E-state index in [9.17, 15) is 9.18 Å². The molecule has 1 N–H and O–H groups in total. The SMILES string of the molecule is Cc1nccn1-c1ccc(CNC(=O)N(C)[C@H](C)C2CC2)cc1F. The van der Waals surface area contributed by atoms with E-state index >= 15 is 0 Å². The minimum Gasteiger partial charge on any atom is -0.334 e. The maximum absolute atomic E-state index is 14.3. The smallest absolute Gasteiger partial charge is 0.317 e. The second-order valence-electron chi connectivity index (χ2n) is 6.48. The molecule has 1 aromatic carbocycles. The number of hydrogen-bond acceptors (Lipinski definition) is 2. The molecule has 128 valence electrons. The number of imidazole rings is 1. The zero-order valence-corrected chi connectivity index (χ0v) is 14.3. The van der Waals surface area contributed by atoms with Crippen molar-refractivity contribution in [2.45, 2.75) is 39.3 Å². The van der Waals surface area contributed by atoms with Gasteiger partial charge in [-0.05, 0) is 50.3 Å². The van der Waals surface area contributed by atoms with Crippen molar-refractivity contribution in [1.29, 1.82) is 0 Å². The topological polar surface area (TPSA) is 50.2 Å². The first-order chi connectivity index (χ1) is 11.5. The Kier molecular flexibility index (Phi) is 4.55. The van der Waals surface area contributed by atoms with Crippen molar-refractivity contribution in [2.75, 3.05) is 7.05 Å². The zero-order chi connectivity index (χ0) is 17.3. The lowest BCUT2D eigenvalue weighted by Gasteiger charge is -2.25. The van der Waals surface area contributed by atoms with Gasteiger partial charge in [-0.15, -0.1) is 0 Å². The van der Waals surface area contributed by atoms with Crippen molar-refractivity contribution in [1.82, 2.24) is 19.8 Å². The molecule has 6 heteroatoms. The number of aryl methyl sites for hydroxylation is 1. The number of benzene rings is 1. The van der Waals surface area contributed by atoms with Gasteiger partial charge < -0.3 is 14.8 Å². The first-order valence-corrected chi connectivity index (χ1v) is 8.26. The summed E-state index contributed by atoms with van der Waals surface area (Å²) >= 11 is 0. The number of nitrogens with zero attached hydrogens (tertiary/aromatic N) is 3. The molecule has 0 aliphatic heterocycles. The summed E-state index contributed by atoms with van der Waals surface area (Å²) in [6, 6.07) is 5.11. The Bertz CT molecular complexity index is 738. The number of amides is 2. The first-order valence-electron chi connectivity index (χ1n) is 8.26. The largest absolute Gasteiger partial charge is 0.334 e. The average molecular weight is 330 g/mol. The lowest BCUT2D eigenvalue weighted by molar-refractivity contribution is 0.187. The third-order valence-electron chi connectivity index (χ3n) is 4.78. The predicted molar refractivity (Wildman–Crippen MR) is 90.4 cm³/mol. The van der Waals surface area contributed by atoms with Crippen LogP contribution in [0.1, 0.15) is 31.2 Å². The van der Waals surface area contributed by atoms with Gasteiger partial charge in [0.1, 0.15) is 11.6 Å². The van der Waals surface area contributed by atoms with Gasteiger partial charge in [0.15, 0.2) is 0 Å². The zero-order valence-electron chi connectivity index (χ0n) is 14.3. The molecule has 1 saturated carbocycles. The summed E-state index contributed by atoms with van der Waals surface area (Å²) in [4.78, 5) is 18.0. The molecule has 0 saturated heterocycles. The fourth-order valence-corrected chi connectivity index (χ4v) is 2.87. The van der Waals surface area contributed by atoms with Crippen molar-refractivity contribution < 1.29 is 9.18 Å². The van der Waals surface area contributed by atoms with Gasteiger partial charge in [-0.2, -0.15) is 0 Å². The molecular weight excluding hydrogens is 307 g/mol. The molecule has 24 heavy (non-hydrogen) atoms. The van der Waals surface area contributed by atoms with Gasteiger partial charge >= 0.3 is 6.03 Å². The maximum atomic E-state index is 14.3. The van der Waals surface area contributed by atoms with Gasteiger partial charge in [-0.1, -0.05) is 6.07 Å². The molecule has 0 bridgehead atoms. The second kappa shape index (κ2) is 6.63. The van der Waals surface area contributed by atoms with E-state index in [1.165, 1.54) is 18.9 Å². The van der Waals surface area contributed by atoms with Gasteiger partial charge in [0, 0.05) is 32.0 Å². The van der Waals surface area contributed by atoms with Gasteiger partial charge in [0.05, 0.1) is 5.69 Å². The number of nitrogens with one attached hydrogen (secondary N) is 1. The quantitative estimate of drug-likeness (QED) is 0.915. The third-order valence-corrected chi connectivity index (χ3v) is 4.78. The van der Waals surface area contributed by atoms with Crippen LogP contribution in [0.3, 0.4) is 0 Å². The van der Waals surface area contributed by atoms with Crippen molar-refractivity contribution in [3.05, 3.63) is 47.8 Å². The molecule has 3 rings (SSSR count). The van der Waals surface area contributed by atoms with Crippen LogP contribution in [0.2, 0.25) is 0 Å². The summed E-state index contributed by atoms with van der Waals surface area (Å²) in [5, 5.41) is 2.86. The molecule has 2 amide bonds. The number of hydrogen-bond donors (Lipinski definition) is 1. The molecule has 0 radical (unpaired) electrons. The van der Waals surface area contributed by atoms with Crippen LogP contribution in [-0.2, 0) is 6.54 Å². The van der Waals surface area contributed by atoms with Crippen molar-refractivity contribution >= 4 is 6.03 Å². The van der Waals surface area contributed by atoms with E-state index < -0.39 is 0 Å². The molecule has 1 fully saturated rings. The van der Waals surface area contributed by atoms with E-state index in [0.29, 0.717) is 18.2 Å². The first kappa shape index (κ1) is 16.5. The highest BCUT2D eigenvalue weighted by molar-refractivity contribution is 5.74. The summed E-state index contributed by atoms with van der Waals surface area (Å²) in [6.45, 7) is 4.20. The molecule has 1 aliphatic rings. The van der Waals surface area contributed by atoms with Crippen LogP contribution in [0.4, 0.5) is 9.18 Å². The molecular formula is C18H23FN4O. The number of rotatable bonds is 5. The van der Waals surface area contributed by atoms with Gasteiger partial charge in [0.25, 0.3) is 0 Å². The summed E-state index contributed by atoms with van der Waals surface area (Å²) in [5.41, 5.74) is 1.19. The standard InChI is InChI=1S/C18H23FN4O/c1-12(15-5-6-15)22(3)18(24)21-11-14-4-7-17(16(19)10-14)23-9-8-20-13(23)2/h4,7-10,12,15H,5-6,11H2,1-3H3,(H,21,24)/t12-/m1/s1. The van der Waals surface area contributed by atoms with E-state index in [2.05, 4.69) is 17.2 Å². The summed E-state index contributed by atoms with van der Waals surface area (Å²) in [5.74, 6) is 1.02. The van der Waals surface area contributed by atoms with Crippen molar-refractivity contribution in [3.8, 4) is 5.69 Å². The lowest BCUT2D eigenvalue weighted by atomic mass is 10.2. The van der Waals surface area contributed by atoms with Crippen LogP contribution in [0, 0.1) is 18.7 Å². The molecule has 0 unspecified atom stereocenters. The Morgan fingerprint density at radius 1 is 1.50 bits per heavy atom. The van der Waals surface area contributed by atoms with Crippen LogP contribution >= 0.6 is 0 Å². The normalized spacial score (nSPS) is 15.2. The lowest BCUT2D eigenvalue weighted by Crippen LogP contribution is -2.43. The Hall–Kier alpha value is -2.37. The van der Waals surface area contributed by atoms with Crippen LogP contribution < -0.4 is 5.32 Å². The fourth-order valence-electron chi connectivity index (χ4n) is 2.87. The fraction of sp³-hybridized carbons (Fsp3) is 0.444. The Balaban J connectivity index is 1.63. The Morgan fingerprint density at radius 3 is 2.83 bits per heavy atom. The van der Waals surface area contributed by atoms with Gasteiger partial charge in [-0.25, -0.2) is 14.2 Å². The summed E-state index contributed by atoms with van der Waals surface area (Å²) in [6.07, 6.45) is 5.75. The van der Waals surface area contributed by atoms with Gasteiger partial charge in [0.2, 0.25) is 0 Å². The monoisotopic (exact) mass is 330 g/mol. The highest BCUT2D eigenvalue weighted by atomic mass is 19.1. The summed E-state index contributed by atoms with van der Waals surface area (Å²) in [7, 11) is 1.81. The van der Waals surface area contributed by atoms with E-state index in [-0.39, 0.29) is 17.9 Å². The second-order valence-corrected chi connectivity index (χ2v) is 6.48. The molecule has 1 atom stereocenters. The van der Waals surface area contributed by atoms with Crippen LogP contribution in [0.25, 0.3) is 5.69 Å². The number of urea groups is 1. The number of carbonyl (C=O) groups is 1. The van der Waals surface area contributed by atoms with Crippen LogP contribution in [-0.4, -0.2) is 33.6 Å². The van der Waals surface area contributed by atoms with Crippen molar-refractivity contribution in [2.24, 2.45) is 5.92 Å². The number of carbonyl (C=O) groups excluding carboxylic acids is 1. The highest BCUT2D eigenvalue weighted by Gasteiger charge is 2.32. The summed E-state index contributed by atoms with van der Waals surface area (Å²) < 4.78 is 16.0. The van der Waals surface area contributed by atoms with E-state index in [1.54, 1.807) is 27.9 Å². The Labute approximate surface area is 141 Å². The third kappa shape index (κ3) is 3.42. The average Bonchev–Trinajstić information content (AvgIpc) is 3.33. The number of aromatic nitrogens is 2. The molecule has 2 aromatic rings. The van der Waals surface area contributed by atoms with E-state index in [0.717, 1.165) is 11.4 Å². The van der Waals surface area contributed by atoms with Crippen LogP contribution in [0.15, 0.2) is 30.6 Å². The minimum atomic E-state index is -0.331. The van der Waals surface area contributed by atoms with Gasteiger partial charge in [-0.3, -0.25) is 0 Å².